The predicted molar refractivity (Wildman–Crippen MR) is 239 cm³/mol. The molecule has 344 valence electrons. The topological polar surface area (TPSA) is 283 Å². The summed E-state index contributed by atoms with van der Waals surface area (Å²) in [5.74, 6) is -2.09. The molecule has 19 nitrogen and oxygen atoms in total. The minimum Gasteiger partial charge on any atom is -0.490 e. The molecule has 5 unspecified atom stereocenters. The fourth-order valence-corrected chi connectivity index (χ4v) is 6.50. The lowest BCUT2D eigenvalue weighted by Gasteiger charge is -2.23. The van der Waals surface area contributed by atoms with Crippen LogP contribution in [-0.4, -0.2) is 95.9 Å². The van der Waals surface area contributed by atoms with Crippen LogP contribution < -0.4 is 31.7 Å². The number of carbonyl (C=O) groups is 5. The molecule has 2 aromatic carbocycles. The Morgan fingerprint density at radius 3 is 2.02 bits per heavy atom. The molecule has 4 rings (SSSR count). The second kappa shape index (κ2) is 23.2. The van der Waals surface area contributed by atoms with Gasteiger partial charge >= 0.3 is 18.0 Å². The molecule has 0 aliphatic carbocycles. The number of nitrogens with two attached hydrogens (primary N) is 1. The molecule has 0 spiro atoms. The summed E-state index contributed by atoms with van der Waals surface area (Å²) in [4.78, 5) is 72.3. The number of nitrogen functional groups attached to an aromatic ring is 1. The van der Waals surface area contributed by atoms with E-state index < -0.39 is 72.3 Å². The highest BCUT2D eigenvalue weighted by atomic mass is 35.5. The number of anilines is 1. The van der Waals surface area contributed by atoms with Crippen molar-refractivity contribution in [2.45, 2.75) is 95.1 Å². The number of nitrogens with zero attached hydrogens (tertiary/aromatic N) is 4. The van der Waals surface area contributed by atoms with Gasteiger partial charge in [-0.3, -0.25) is 9.59 Å². The summed E-state index contributed by atoms with van der Waals surface area (Å²) >= 11 is 7.19. The summed E-state index contributed by atoms with van der Waals surface area (Å²) in [6, 6.07) is 13.5. The van der Waals surface area contributed by atoms with Crippen LogP contribution in [0.15, 0.2) is 64.2 Å². The van der Waals surface area contributed by atoms with Gasteiger partial charge in [-0.15, -0.1) is 0 Å². The summed E-state index contributed by atoms with van der Waals surface area (Å²) in [5.41, 5.74) is 7.53. The third-order valence-corrected chi connectivity index (χ3v) is 10.3. The highest BCUT2D eigenvalue weighted by Gasteiger charge is 2.28. The van der Waals surface area contributed by atoms with Gasteiger partial charge in [-0.25, -0.2) is 24.4 Å². The van der Waals surface area contributed by atoms with Crippen molar-refractivity contribution < 1.29 is 47.3 Å². The van der Waals surface area contributed by atoms with Gasteiger partial charge in [0, 0.05) is 21.9 Å². The zero-order valence-corrected chi connectivity index (χ0v) is 38.5. The molecule has 6 N–H and O–H groups in total. The van der Waals surface area contributed by atoms with Crippen LogP contribution in [0.4, 0.5) is 10.6 Å². The Balaban J connectivity index is 1.48. The van der Waals surface area contributed by atoms with Crippen molar-refractivity contribution in [3.8, 4) is 40.5 Å². The largest absolute Gasteiger partial charge is 0.490 e. The van der Waals surface area contributed by atoms with Crippen LogP contribution in [-0.2, 0) is 39.1 Å². The van der Waals surface area contributed by atoms with Crippen molar-refractivity contribution in [3.63, 3.8) is 0 Å². The number of nitrogens with one attached hydrogen (secondary N) is 4. The zero-order valence-electron chi connectivity index (χ0n) is 36.9. The Morgan fingerprint density at radius 2 is 1.42 bits per heavy atom. The van der Waals surface area contributed by atoms with Crippen molar-refractivity contribution >= 4 is 59.0 Å². The molecule has 0 aliphatic heterocycles. The van der Waals surface area contributed by atoms with Gasteiger partial charge in [0.1, 0.15) is 77.5 Å². The molecule has 2 aromatic heterocycles. The van der Waals surface area contributed by atoms with Crippen LogP contribution in [0.3, 0.4) is 0 Å². The number of esters is 2. The number of hydrogen-bond acceptors (Lipinski definition) is 17. The molecular formula is C44H50ClN9O10S. The van der Waals surface area contributed by atoms with Gasteiger partial charge in [-0.2, -0.15) is 10.5 Å². The molecule has 0 bridgehead atoms. The number of likely N-dealkylation sites (N-methyl/N-ethyl adjacent to an activating group) is 1. The van der Waals surface area contributed by atoms with Crippen LogP contribution in [0, 0.1) is 22.7 Å². The highest BCUT2D eigenvalue weighted by Crippen LogP contribution is 2.37. The molecule has 21 heteroatoms. The third kappa shape index (κ3) is 14.9. The van der Waals surface area contributed by atoms with Gasteiger partial charge in [-0.05, 0) is 97.5 Å². The third-order valence-electron chi connectivity index (χ3n) is 9.07. The monoisotopic (exact) mass is 931 g/mol. The second-order valence-electron chi connectivity index (χ2n) is 15.5. The number of thioether (sulfide) groups is 1. The number of amides is 3. The van der Waals surface area contributed by atoms with E-state index in [0.29, 0.717) is 22.2 Å². The summed E-state index contributed by atoms with van der Waals surface area (Å²) in [6.45, 7) is 9.92. The second-order valence-corrected chi connectivity index (χ2v) is 16.9. The molecule has 0 saturated carbocycles. The molecule has 5 atom stereocenters. The molecule has 4 aromatic rings. The lowest BCUT2D eigenvalue weighted by molar-refractivity contribution is -0.163. The molecule has 0 saturated heterocycles. The number of oxazole rings is 1. The number of halogens is 1. The number of nitriles is 2. The summed E-state index contributed by atoms with van der Waals surface area (Å²) < 4.78 is 27.8. The standard InChI is InChI=1S/C44H50ClN9O10S/c1-23(49-8)37(55)51-26(4)42(58)63-32(21-62-41(57)25(3)50-38(56)24(2)52-43(59)64-44(5,6)7)20-60-31-15-11-27(12-16-31)35-33(17-46)36(48)54-40(34(35)18-47)65-22-30-19-61-39(53-30)28-9-13-29(45)14-10-28/h9-16,19,23-26,32,49H,20-22H2,1-8H3,(H2,48,54)(H,50,56)(H,51,55)(H,52,59). The normalized spacial score (nSPS) is 13.3. The Hall–Kier alpha value is -6.87. The van der Waals surface area contributed by atoms with Gasteiger partial charge in [0.2, 0.25) is 17.7 Å². The quantitative estimate of drug-likeness (QED) is 0.0468. The smallest absolute Gasteiger partial charge is 0.408 e. The first-order valence-corrected chi connectivity index (χ1v) is 21.4. The Labute approximate surface area is 385 Å². The number of aromatic nitrogens is 2. The van der Waals surface area contributed by atoms with Gasteiger partial charge in [0.15, 0.2) is 6.10 Å². The Kier molecular flexibility index (Phi) is 18.1. The van der Waals surface area contributed by atoms with E-state index in [-0.39, 0.29) is 45.6 Å². The van der Waals surface area contributed by atoms with E-state index >= 15 is 0 Å². The van der Waals surface area contributed by atoms with E-state index in [2.05, 4.69) is 37.3 Å². The van der Waals surface area contributed by atoms with Crippen molar-refractivity contribution in [1.29, 1.82) is 10.5 Å². The van der Waals surface area contributed by atoms with Crippen LogP contribution >= 0.6 is 23.4 Å². The van der Waals surface area contributed by atoms with Crippen LogP contribution in [0.1, 0.15) is 65.3 Å². The van der Waals surface area contributed by atoms with E-state index in [1.807, 2.05) is 6.07 Å². The van der Waals surface area contributed by atoms with Crippen molar-refractivity contribution in [1.82, 2.24) is 31.2 Å². The first-order valence-electron chi connectivity index (χ1n) is 20.1. The van der Waals surface area contributed by atoms with Crippen LogP contribution in [0.2, 0.25) is 5.02 Å². The first kappa shape index (κ1) is 50.8. The lowest BCUT2D eigenvalue weighted by atomic mass is 9.97. The molecule has 3 amide bonds. The molecule has 0 radical (unpaired) electrons. The number of alkyl carbamates (subject to hydrolysis) is 1. The fraction of sp³-hybridized carbons (Fsp3) is 0.386. The van der Waals surface area contributed by atoms with Gasteiger partial charge in [0.25, 0.3) is 0 Å². The predicted octanol–water partition coefficient (Wildman–Crippen LogP) is 5.04. The van der Waals surface area contributed by atoms with Crippen molar-refractivity contribution in [2.24, 2.45) is 0 Å². The van der Waals surface area contributed by atoms with Gasteiger partial charge in [-0.1, -0.05) is 35.5 Å². The SMILES string of the molecule is CNC(C)C(=O)NC(C)C(=O)OC(COC(=O)C(C)NC(=O)C(C)NC(=O)OC(C)(C)C)COc1ccc(-c2c(C#N)c(N)nc(SCc3coc(-c4ccc(Cl)cc4)n3)c2C#N)cc1. The summed E-state index contributed by atoms with van der Waals surface area (Å²) in [7, 11) is 1.58. The fourth-order valence-electron chi connectivity index (χ4n) is 5.50. The molecule has 2 heterocycles. The number of rotatable bonds is 19. The first-order chi connectivity index (χ1) is 30.7. The molecule has 0 fully saturated rings. The van der Waals surface area contributed by atoms with Crippen LogP contribution in [0.5, 0.6) is 5.75 Å². The number of hydrogen-bond donors (Lipinski definition) is 5. The van der Waals surface area contributed by atoms with E-state index in [4.69, 9.17) is 40.7 Å². The number of benzene rings is 2. The van der Waals surface area contributed by atoms with E-state index in [9.17, 15) is 34.5 Å². The average Bonchev–Trinajstić information content (AvgIpc) is 3.74. The Bertz CT molecular complexity index is 2430. The average molecular weight is 932 g/mol. The minimum absolute atomic E-state index is 0.00989. The number of carbonyl (C=O) groups excluding carboxylic acids is 5. The molecule has 0 aliphatic rings. The van der Waals surface area contributed by atoms with Gasteiger partial charge in [0.05, 0.1) is 17.3 Å². The maximum Gasteiger partial charge on any atom is 0.408 e. The highest BCUT2D eigenvalue weighted by molar-refractivity contribution is 7.98. The van der Waals surface area contributed by atoms with Crippen LogP contribution in [0.25, 0.3) is 22.6 Å². The number of pyridine rings is 1. The maximum atomic E-state index is 13.1. The number of ether oxygens (including phenoxy) is 4. The Morgan fingerprint density at radius 1 is 0.815 bits per heavy atom. The van der Waals surface area contributed by atoms with E-state index in [1.54, 1.807) is 83.3 Å². The maximum absolute atomic E-state index is 13.1. The van der Waals surface area contributed by atoms with Crippen molar-refractivity contribution in [3.05, 3.63) is 76.6 Å². The minimum atomic E-state index is -1.22. The summed E-state index contributed by atoms with van der Waals surface area (Å²) in [6.07, 6.45) is -0.549. The van der Waals surface area contributed by atoms with E-state index in [1.165, 1.54) is 38.8 Å². The lowest BCUT2D eigenvalue weighted by Crippen LogP contribution is -2.51. The van der Waals surface area contributed by atoms with E-state index in [0.717, 1.165) is 5.56 Å². The molecular weight excluding hydrogens is 882 g/mol. The van der Waals surface area contributed by atoms with Crippen molar-refractivity contribution in [2.75, 3.05) is 26.0 Å². The zero-order chi connectivity index (χ0) is 48.0. The van der Waals surface area contributed by atoms with Gasteiger partial charge < -0.3 is 50.4 Å². The summed E-state index contributed by atoms with van der Waals surface area (Å²) in [5, 5.41) is 31.4. The molecule has 65 heavy (non-hydrogen) atoms.